The third-order valence-electron chi connectivity index (χ3n) is 4.70. The summed E-state index contributed by atoms with van der Waals surface area (Å²) in [7, 11) is 1.88. The highest BCUT2D eigenvalue weighted by Crippen LogP contribution is 2.45. The lowest BCUT2D eigenvalue weighted by atomic mass is 9.91. The highest BCUT2D eigenvalue weighted by molar-refractivity contribution is 8.01. The molecule has 0 aromatic carbocycles. The number of pyridine rings is 1. The fourth-order valence-corrected chi connectivity index (χ4v) is 5.04. The molecule has 24 heavy (non-hydrogen) atoms. The van der Waals surface area contributed by atoms with Crippen molar-refractivity contribution >= 4 is 17.7 Å². The number of amides is 1. The molecule has 0 aliphatic carbocycles. The molecule has 6 nitrogen and oxygen atoms in total. The lowest BCUT2D eigenvalue weighted by Gasteiger charge is -2.47. The van der Waals surface area contributed by atoms with Gasteiger partial charge in [0.15, 0.2) is 0 Å². The van der Waals surface area contributed by atoms with Gasteiger partial charge >= 0.3 is 0 Å². The lowest BCUT2D eigenvalue weighted by Crippen LogP contribution is -2.61. The topological polar surface area (TPSA) is 63.1 Å². The van der Waals surface area contributed by atoms with E-state index in [-0.39, 0.29) is 10.7 Å². The van der Waals surface area contributed by atoms with E-state index in [4.69, 9.17) is 0 Å². The second kappa shape index (κ2) is 6.22. The van der Waals surface area contributed by atoms with Crippen LogP contribution in [0.5, 0.6) is 0 Å². The van der Waals surface area contributed by atoms with Crippen LogP contribution in [0.1, 0.15) is 22.5 Å². The maximum Gasteiger partial charge on any atom is 0.274 e. The molecule has 7 heteroatoms. The zero-order valence-electron chi connectivity index (χ0n) is 13.7. The average Bonchev–Trinajstić information content (AvgIpc) is 3.18. The van der Waals surface area contributed by atoms with Crippen molar-refractivity contribution in [1.82, 2.24) is 24.8 Å². The number of hydrogen-bond donors (Lipinski definition) is 1. The van der Waals surface area contributed by atoms with Crippen molar-refractivity contribution < 1.29 is 4.79 Å². The highest BCUT2D eigenvalue weighted by atomic mass is 32.2. The molecule has 2 fully saturated rings. The summed E-state index contributed by atoms with van der Waals surface area (Å²) in [6, 6.07) is 4.56. The number of carbonyl (C=O) groups excluding carboxylic acids is 1. The Morgan fingerprint density at radius 3 is 3.08 bits per heavy atom. The van der Waals surface area contributed by atoms with Crippen molar-refractivity contribution in [2.75, 3.05) is 18.8 Å². The van der Waals surface area contributed by atoms with Crippen LogP contribution in [0.15, 0.2) is 37.1 Å². The normalized spacial score (nSPS) is 21.9. The molecule has 2 aliphatic rings. The van der Waals surface area contributed by atoms with Gasteiger partial charge in [0, 0.05) is 57.1 Å². The van der Waals surface area contributed by atoms with Gasteiger partial charge in [-0.1, -0.05) is 6.07 Å². The van der Waals surface area contributed by atoms with Gasteiger partial charge in [0.1, 0.15) is 5.69 Å². The van der Waals surface area contributed by atoms with Crippen LogP contribution in [-0.2, 0) is 13.6 Å². The predicted molar refractivity (Wildman–Crippen MR) is 93.8 cm³/mol. The van der Waals surface area contributed by atoms with Gasteiger partial charge in [-0.2, -0.15) is 0 Å². The van der Waals surface area contributed by atoms with Gasteiger partial charge in [-0.3, -0.25) is 9.78 Å². The molecule has 1 unspecified atom stereocenters. The quantitative estimate of drug-likeness (QED) is 0.907. The standard InChI is InChI=1S/C17H21N5OS/c1-21-8-15(20-12-21)16(23)22-10-17(11-22)5-14(9-24-17)19-7-13-3-2-4-18-6-13/h2-4,6,8,12,14,19H,5,7,9-11H2,1H3. The van der Waals surface area contributed by atoms with E-state index in [1.165, 1.54) is 5.56 Å². The monoisotopic (exact) mass is 343 g/mol. The van der Waals surface area contributed by atoms with Gasteiger partial charge in [0.2, 0.25) is 0 Å². The minimum absolute atomic E-state index is 0.0496. The van der Waals surface area contributed by atoms with E-state index in [1.54, 1.807) is 18.7 Å². The van der Waals surface area contributed by atoms with Gasteiger partial charge in [0.25, 0.3) is 5.91 Å². The van der Waals surface area contributed by atoms with E-state index in [1.807, 2.05) is 40.5 Å². The van der Waals surface area contributed by atoms with E-state index in [0.29, 0.717) is 11.7 Å². The molecule has 126 valence electrons. The maximum absolute atomic E-state index is 12.4. The molecular weight excluding hydrogens is 322 g/mol. The Morgan fingerprint density at radius 1 is 1.50 bits per heavy atom. The summed E-state index contributed by atoms with van der Waals surface area (Å²) in [6.07, 6.45) is 8.27. The third kappa shape index (κ3) is 3.06. The zero-order chi connectivity index (χ0) is 16.6. The third-order valence-corrected chi connectivity index (χ3v) is 6.30. The number of aromatic nitrogens is 3. The second-order valence-electron chi connectivity index (χ2n) is 6.72. The summed E-state index contributed by atoms with van der Waals surface area (Å²) >= 11 is 2.00. The minimum Gasteiger partial charge on any atom is -0.340 e. The van der Waals surface area contributed by atoms with Crippen molar-refractivity contribution in [1.29, 1.82) is 0 Å². The van der Waals surface area contributed by atoms with Crippen LogP contribution in [0, 0.1) is 0 Å². The molecule has 1 amide bonds. The van der Waals surface area contributed by atoms with E-state index in [0.717, 1.165) is 31.8 Å². The van der Waals surface area contributed by atoms with E-state index < -0.39 is 0 Å². The first-order valence-electron chi connectivity index (χ1n) is 8.17. The summed E-state index contributed by atoms with van der Waals surface area (Å²) in [5.74, 6) is 1.15. The maximum atomic E-state index is 12.4. The van der Waals surface area contributed by atoms with E-state index >= 15 is 0 Å². The van der Waals surface area contributed by atoms with Crippen LogP contribution in [0.4, 0.5) is 0 Å². The average molecular weight is 343 g/mol. The van der Waals surface area contributed by atoms with Crippen molar-refractivity contribution in [2.45, 2.75) is 23.8 Å². The van der Waals surface area contributed by atoms with Gasteiger partial charge in [-0.05, 0) is 18.1 Å². The van der Waals surface area contributed by atoms with Gasteiger partial charge < -0.3 is 14.8 Å². The van der Waals surface area contributed by atoms with Crippen LogP contribution in [0.2, 0.25) is 0 Å². The molecule has 2 aromatic rings. The Morgan fingerprint density at radius 2 is 2.38 bits per heavy atom. The Labute approximate surface area is 145 Å². The molecule has 2 aliphatic heterocycles. The van der Waals surface area contributed by atoms with E-state index in [2.05, 4.69) is 21.4 Å². The number of carbonyl (C=O) groups is 1. The Kier molecular flexibility index (Phi) is 4.05. The summed E-state index contributed by atoms with van der Waals surface area (Å²) in [5, 5.41) is 3.62. The Balaban J connectivity index is 1.28. The van der Waals surface area contributed by atoms with Crippen molar-refractivity contribution in [3.8, 4) is 0 Å². The highest BCUT2D eigenvalue weighted by Gasteiger charge is 2.50. The molecular formula is C17H21N5OS. The number of nitrogens with one attached hydrogen (secondary N) is 1. The molecule has 2 saturated heterocycles. The van der Waals surface area contributed by atoms with Crippen molar-refractivity contribution in [3.63, 3.8) is 0 Å². The van der Waals surface area contributed by atoms with Crippen LogP contribution >= 0.6 is 11.8 Å². The number of aryl methyl sites for hydroxylation is 1. The molecule has 2 aromatic heterocycles. The summed E-state index contributed by atoms with van der Waals surface area (Å²) in [6.45, 7) is 2.52. The number of imidazole rings is 1. The molecule has 0 saturated carbocycles. The first-order chi connectivity index (χ1) is 11.6. The SMILES string of the molecule is Cn1cnc(C(=O)N2CC3(CC(NCc4cccnc4)CS3)C2)c1. The van der Waals surface area contributed by atoms with Crippen molar-refractivity contribution in [2.24, 2.45) is 7.05 Å². The molecule has 1 atom stereocenters. The van der Waals surface area contributed by atoms with Crippen LogP contribution in [-0.4, -0.2) is 55.0 Å². The van der Waals surface area contributed by atoms with Crippen LogP contribution in [0.25, 0.3) is 0 Å². The largest absolute Gasteiger partial charge is 0.340 e. The first-order valence-corrected chi connectivity index (χ1v) is 9.16. The number of nitrogens with zero attached hydrogens (tertiary/aromatic N) is 4. The summed E-state index contributed by atoms with van der Waals surface area (Å²) in [4.78, 5) is 22.6. The number of hydrogen-bond acceptors (Lipinski definition) is 5. The van der Waals surface area contributed by atoms with Crippen molar-refractivity contribution in [3.05, 3.63) is 48.3 Å². The molecule has 0 radical (unpaired) electrons. The summed E-state index contributed by atoms with van der Waals surface area (Å²) in [5.41, 5.74) is 1.76. The lowest BCUT2D eigenvalue weighted by molar-refractivity contribution is 0.0546. The van der Waals surface area contributed by atoms with Gasteiger partial charge in [-0.25, -0.2) is 4.98 Å². The van der Waals surface area contributed by atoms with E-state index in [9.17, 15) is 4.79 Å². The number of rotatable bonds is 4. The molecule has 4 rings (SSSR count). The fraction of sp³-hybridized carbons (Fsp3) is 0.471. The summed E-state index contributed by atoms with van der Waals surface area (Å²) < 4.78 is 2.04. The Hall–Kier alpha value is -1.86. The molecule has 0 bridgehead atoms. The Bertz CT molecular complexity index is 726. The second-order valence-corrected chi connectivity index (χ2v) is 8.21. The zero-order valence-corrected chi connectivity index (χ0v) is 14.5. The first kappa shape index (κ1) is 15.7. The molecule has 1 spiro atoms. The van der Waals surface area contributed by atoms with Crippen LogP contribution in [0.3, 0.4) is 0 Å². The minimum atomic E-state index is 0.0496. The van der Waals surface area contributed by atoms with Gasteiger partial charge in [-0.15, -0.1) is 11.8 Å². The smallest absolute Gasteiger partial charge is 0.274 e. The predicted octanol–water partition coefficient (Wildman–Crippen LogP) is 1.30. The van der Waals surface area contributed by atoms with Gasteiger partial charge in [0.05, 0.1) is 11.1 Å². The number of likely N-dealkylation sites (tertiary alicyclic amines) is 1. The molecule has 4 heterocycles. The molecule has 1 N–H and O–H groups in total. The number of thioether (sulfide) groups is 1. The fourth-order valence-electron chi connectivity index (χ4n) is 3.44. The van der Waals surface area contributed by atoms with Crippen LogP contribution < -0.4 is 5.32 Å².